The predicted molar refractivity (Wildman–Crippen MR) is 64.1 cm³/mol. The highest BCUT2D eigenvalue weighted by molar-refractivity contribution is 5.24. The van der Waals surface area contributed by atoms with Crippen molar-refractivity contribution >= 4 is 0 Å². The molecule has 0 bridgehead atoms. The Labute approximate surface area is 105 Å². The van der Waals surface area contributed by atoms with Crippen molar-refractivity contribution in [2.75, 3.05) is 6.54 Å². The lowest BCUT2D eigenvalue weighted by Crippen LogP contribution is -2.53. The number of alkyl halides is 3. The first-order valence-corrected chi connectivity index (χ1v) is 5.66. The molecule has 2 nitrogen and oxygen atoms in total. The molecule has 0 radical (unpaired) electrons. The van der Waals surface area contributed by atoms with Crippen molar-refractivity contribution in [3.8, 4) is 0 Å². The first-order chi connectivity index (χ1) is 8.06. The fraction of sp³-hybridized carbons (Fsp3) is 0.538. The number of benzene rings is 1. The lowest BCUT2D eigenvalue weighted by atomic mass is 9.92. The molecule has 2 N–H and O–H groups in total. The highest BCUT2D eigenvalue weighted by Crippen LogP contribution is 2.38. The minimum absolute atomic E-state index is 0.158. The molecule has 0 fully saturated rings. The van der Waals surface area contributed by atoms with E-state index >= 15 is 0 Å². The normalized spacial score (nSPS) is 16.4. The molecule has 18 heavy (non-hydrogen) atoms. The maximum Gasteiger partial charge on any atom is 0.422 e. The Balaban J connectivity index is 3.05. The third-order valence-corrected chi connectivity index (χ3v) is 2.59. The van der Waals surface area contributed by atoms with Crippen LogP contribution in [0.4, 0.5) is 13.2 Å². The van der Waals surface area contributed by atoms with Crippen molar-refractivity contribution in [2.45, 2.75) is 38.1 Å². The van der Waals surface area contributed by atoms with Crippen LogP contribution in [0.15, 0.2) is 30.3 Å². The largest absolute Gasteiger partial charge is 0.422 e. The van der Waals surface area contributed by atoms with Crippen LogP contribution in [0.25, 0.3) is 0 Å². The minimum atomic E-state index is -4.73. The van der Waals surface area contributed by atoms with E-state index in [1.807, 2.05) is 0 Å². The van der Waals surface area contributed by atoms with E-state index in [9.17, 15) is 18.3 Å². The monoisotopic (exact) mass is 261 g/mol. The molecule has 102 valence electrons. The third-order valence-electron chi connectivity index (χ3n) is 2.59. The summed E-state index contributed by atoms with van der Waals surface area (Å²) in [6, 6.07) is 7.11. The van der Waals surface area contributed by atoms with E-state index < -0.39 is 23.9 Å². The summed E-state index contributed by atoms with van der Waals surface area (Å²) >= 11 is 0. The van der Waals surface area contributed by atoms with Gasteiger partial charge in [-0.1, -0.05) is 30.3 Å². The maximum atomic E-state index is 13.1. The van der Waals surface area contributed by atoms with E-state index in [0.29, 0.717) is 0 Å². The van der Waals surface area contributed by atoms with E-state index in [0.717, 1.165) is 0 Å². The van der Waals surface area contributed by atoms with Crippen LogP contribution in [0.3, 0.4) is 0 Å². The molecule has 0 aromatic heterocycles. The van der Waals surface area contributed by atoms with Gasteiger partial charge in [-0.05, 0) is 26.3 Å². The molecule has 5 heteroatoms. The van der Waals surface area contributed by atoms with Gasteiger partial charge in [0.15, 0.2) is 5.60 Å². The zero-order chi connectivity index (χ0) is 14.0. The van der Waals surface area contributed by atoms with E-state index in [1.165, 1.54) is 24.3 Å². The van der Waals surface area contributed by atoms with Gasteiger partial charge in [-0.3, -0.25) is 0 Å². The van der Waals surface area contributed by atoms with Gasteiger partial charge in [0.1, 0.15) is 0 Å². The topological polar surface area (TPSA) is 32.3 Å². The number of β-amino-alcohol motifs (C(OH)–C–C–N with tert-alkyl or cyclic N) is 1. The van der Waals surface area contributed by atoms with E-state index in [4.69, 9.17) is 0 Å². The second-order valence-corrected chi connectivity index (χ2v) is 5.33. The Morgan fingerprint density at radius 2 is 1.56 bits per heavy atom. The van der Waals surface area contributed by atoms with Crippen LogP contribution in [0.2, 0.25) is 0 Å². The Kier molecular flexibility index (Phi) is 4.08. The number of rotatable bonds is 3. The standard InChI is InChI=1S/C13H18F3NO/c1-11(2,3)17-9-12(18,13(14,15)16)10-7-5-4-6-8-10/h4-8,17-18H,9H2,1-3H3. The first kappa shape index (κ1) is 15.0. The fourth-order valence-electron chi connectivity index (χ4n) is 1.47. The lowest BCUT2D eigenvalue weighted by Gasteiger charge is -2.34. The summed E-state index contributed by atoms with van der Waals surface area (Å²) in [6.07, 6.45) is -4.73. The minimum Gasteiger partial charge on any atom is -0.375 e. The summed E-state index contributed by atoms with van der Waals surface area (Å²) in [5.41, 5.74) is -3.54. The summed E-state index contributed by atoms with van der Waals surface area (Å²) in [5.74, 6) is 0. The molecular formula is C13H18F3NO. The fourth-order valence-corrected chi connectivity index (χ4v) is 1.47. The van der Waals surface area contributed by atoms with Gasteiger partial charge in [0, 0.05) is 12.1 Å². The average molecular weight is 261 g/mol. The quantitative estimate of drug-likeness (QED) is 0.877. The van der Waals surface area contributed by atoms with Gasteiger partial charge in [-0.25, -0.2) is 0 Å². The SMILES string of the molecule is CC(C)(C)NCC(O)(c1ccccc1)C(F)(F)F. The maximum absolute atomic E-state index is 13.1. The average Bonchev–Trinajstić information content (AvgIpc) is 2.24. The van der Waals surface area contributed by atoms with Crippen LogP contribution < -0.4 is 5.32 Å². The van der Waals surface area contributed by atoms with Gasteiger partial charge in [0.05, 0.1) is 0 Å². The second-order valence-electron chi connectivity index (χ2n) is 5.33. The van der Waals surface area contributed by atoms with Crippen LogP contribution in [-0.4, -0.2) is 23.4 Å². The van der Waals surface area contributed by atoms with Crippen molar-refractivity contribution in [1.29, 1.82) is 0 Å². The summed E-state index contributed by atoms with van der Waals surface area (Å²) < 4.78 is 39.2. The molecule has 0 amide bonds. The van der Waals surface area contributed by atoms with Crippen LogP contribution >= 0.6 is 0 Å². The van der Waals surface area contributed by atoms with Gasteiger partial charge in [-0.2, -0.15) is 13.2 Å². The zero-order valence-corrected chi connectivity index (χ0v) is 10.7. The molecule has 0 aliphatic rings. The summed E-state index contributed by atoms with van der Waals surface area (Å²) in [6.45, 7) is 4.66. The van der Waals surface area contributed by atoms with Crippen LogP contribution in [0.1, 0.15) is 26.3 Å². The van der Waals surface area contributed by atoms with Gasteiger partial charge >= 0.3 is 6.18 Å². The number of hydrogen-bond acceptors (Lipinski definition) is 2. The number of nitrogens with one attached hydrogen (secondary N) is 1. The summed E-state index contributed by atoms with van der Waals surface area (Å²) in [5, 5.41) is 12.7. The Bertz CT molecular complexity index is 383. The highest BCUT2D eigenvalue weighted by Gasteiger charge is 2.54. The first-order valence-electron chi connectivity index (χ1n) is 5.66. The number of hydrogen-bond donors (Lipinski definition) is 2. The van der Waals surface area contributed by atoms with Crippen molar-refractivity contribution in [3.05, 3.63) is 35.9 Å². The molecule has 1 rings (SSSR count). The van der Waals surface area contributed by atoms with Crippen molar-refractivity contribution < 1.29 is 18.3 Å². The van der Waals surface area contributed by atoms with E-state index in [2.05, 4.69) is 5.32 Å². The highest BCUT2D eigenvalue weighted by atomic mass is 19.4. The molecule has 1 aromatic rings. The molecule has 0 spiro atoms. The molecule has 1 aromatic carbocycles. The molecule has 0 heterocycles. The van der Waals surface area contributed by atoms with Gasteiger partial charge in [0.2, 0.25) is 0 Å². The second kappa shape index (κ2) is 4.90. The van der Waals surface area contributed by atoms with Crippen LogP contribution in [-0.2, 0) is 5.60 Å². The molecule has 0 saturated carbocycles. The van der Waals surface area contributed by atoms with Crippen molar-refractivity contribution in [3.63, 3.8) is 0 Å². The van der Waals surface area contributed by atoms with E-state index in [-0.39, 0.29) is 5.56 Å². The molecule has 0 aliphatic carbocycles. The third kappa shape index (κ3) is 3.46. The molecule has 1 atom stereocenters. The Morgan fingerprint density at radius 1 is 1.06 bits per heavy atom. The van der Waals surface area contributed by atoms with Gasteiger partial charge in [0.25, 0.3) is 0 Å². The van der Waals surface area contributed by atoms with Crippen LogP contribution in [0, 0.1) is 0 Å². The lowest BCUT2D eigenvalue weighted by molar-refractivity contribution is -0.265. The predicted octanol–water partition coefficient (Wildman–Crippen LogP) is 2.82. The van der Waals surface area contributed by atoms with Crippen molar-refractivity contribution in [1.82, 2.24) is 5.32 Å². The van der Waals surface area contributed by atoms with Crippen LogP contribution in [0.5, 0.6) is 0 Å². The van der Waals surface area contributed by atoms with Gasteiger partial charge < -0.3 is 10.4 Å². The van der Waals surface area contributed by atoms with E-state index in [1.54, 1.807) is 26.8 Å². The molecule has 1 unspecified atom stereocenters. The number of aliphatic hydroxyl groups is 1. The smallest absolute Gasteiger partial charge is 0.375 e. The van der Waals surface area contributed by atoms with Gasteiger partial charge in [-0.15, -0.1) is 0 Å². The summed E-state index contributed by atoms with van der Waals surface area (Å²) in [7, 11) is 0. The molecule has 0 aliphatic heterocycles. The summed E-state index contributed by atoms with van der Waals surface area (Å²) in [4.78, 5) is 0. The molecular weight excluding hydrogens is 243 g/mol. The Morgan fingerprint density at radius 3 is 1.94 bits per heavy atom. The zero-order valence-electron chi connectivity index (χ0n) is 10.7. The number of halogens is 3. The Hall–Kier alpha value is -1.07. The molecule has 0 saturated heterocycles. The van der Waals surface area contributed by atoms with Crippen molar-refractivity contribution in [2.24, 2.45) is 0 Å².